The summed E-state index contributed by atoms with van der Waals surface area (Å²) in [5.41, 5.74) is -0.183. The molecule has 0 bridgehead atoms. The van der Waals surface area contributed by atoms with Gasteiger partial charge in [-0.25, -0.2) is 0 Å². The Hall–Kier alpha value is -0.120. The molecule has 3 heteroatoms. The van der Waals surface area contributed by atoms with E-state index in [0.29, 0.717) is 12.1 Å². The molecule has 0 aliphatic rings. The monoisotopic (exact) mass is 258 g/mol. The molecule has 0 aromatic rings. The van der Waals surface area contributed by atoms with Crippen molar-refractivity contribution >= 4 is 0 Å². The maximum absolute atomic E-state index is 9.61. The first kappa shape index (κ1) is 17.9. The molecule has 0 saturated carbocycles. The van der Waals surface area contributed by atoms with Crippen molar-refractivity contribution in [3.8, 4) is 0 Å². The van der Waals surface area contributed by atoms with Gasteiger partial charge in [-0.2, -0.15) is 0 Å². The molecule has 0 radical (unpaired) electrons. The van der Waals surface area contributed by atoms with Gasteiger partial charge in [-0.05, 0) is 33.2 Å². The highest BCUT2D eigenvalue weighted by atomic mass is 16.3. The highest BCUT2D eigenvalue weighted by Gasteiger charge is 2.28. The normalized spacial score (nSPS) is 19.0. The Bertz CT molecular complexity index is 221. The molecule has 0 aromatic carbocycles. The maximum Gasteiger partial charge on any atom is 0.0611 e. The molecule has 3 nitrogen and oxygen atoms in total. The van der Waals surface area contributed by atoms with Gasteiger partial charge in [0.15, 0.2) is 0 Å². The predicted octanol–water partition coefficient (Wildman–Crippen LogP) is 2.49. The Morgan fingerprint density at radius 1 is 1.22 bits per heavy atom. The lowest BCUT2D eigenvalue weighted by atomic mass is 9.92. The summed E-state index contributed by atoms with van der Waals surface area (Å²) in [6.45, 7) is 14.5. The van der Waals surface area contributed by atoms with Crippen LogP contribution in [0.5, 0.6) is 0 Å². The van der Waals surface area contributed by atoms with Crippen molar-refractivity contribution in [1.82, 2.24) is 10.2 Å². The highest BCUT2D eigenvalue weighted by Crippen LogP contribution is 2.17. The predicted molar refractivity (Wildman–Crippen MR) is 79.9 cm³/mol. The van der Waals surface area contributed by atoms with E-state index >= 15 is 0 Å². The van der Waals surface area contributed by atoms with E-state index in [1.165, 1.54) is 6.42 Å². The van der Waals surface area contributed by atoms with E-state index in [0.717, 1.165) is 18.9 Å². The van der Waals surface area contributed by atoms with Gasteiger partial charge >= 0.3 is 0 Å². The van der Waals surface area contributed by atoms with Crippen LogP contribution >= 0.6 is 0 Å². The van der Waals surface area contributed by atoms with Crippen LogP contribution < -0.4 is 5.32 Å². The summed E-state index contributed by atoms with van der Waals surface area (Å²) in [5, 5.41) is 13.1. The number of nitrogens with zero attached hydrogens (tertiary/aromatic N) is 1. The van der Waals surface area contributed by atoms with Crippen molar-refractivity contribution in [1.29, 1.82) is 0 Å². The summed E-state index contributed by atoms with van der Waals surface area (Å²) in [4.78, 5) is 2.41. The molecular weight excluding hydrogens is 224 g/mol. The molecule has 2 N–H and O–H groups in total. The van der Waals surface area contributed by atoms with E-state index < -0.39 is 0 Å². The summed E-state index contributed by atoms with van der Waals surface area (Å²) < 4.78 is 0. The quantitative estimate of drug-likeness (QED) is 0.667. The van der Waals surface area contributed by atoms with Gasteiger partial charge in [-0.15, -0.1) is 0 Å². The number of aliphatic hydroxyl groups is 1. The SMILES string of the molecule is CCC(C)CN(C)C(C)CC(C)(CO)NC(C)C. The van der Waals surface area contributed by atoms with Crippen LogP contribution in [0.2, 0.25) is 0 Å². The summed E-state index contributed by atoms with van der Waals surface area (Å²) >= 11 is 0. The molecule has 3 unspecified atom stereocenters. The molecule has 18 heavy (non-hydrogen) atoms. The van der Waals surface area contributed by atoms with E-state index in [4.69, 9.17) is 0 Å². The Kier molecular flexibility index (Phi) is 8.08. The molecule has 0 rings (SSSR count). The first-order valence-electron chi connectivity index (χ1n) is 7.32. The average Bonchev–Trinajstić information content (AvgIpc) is 2.27. The molecule has 0 heterocycles. The molecule has 110 valence electrons. The van der Waals surface area contributed by atoms with Gasteiger partial charge in [-0.3, -0.25) is 0 Å². The second kappa shape index (κ2) is 8.13. The Morgan fingerprint density at radius 2 is 1.78 bits per heavy atom. The third kappa shape index (κ3) is 6.72. The van der Waals surface area contributed by atoms with Crippen molar-refractivity contribution in [2.24, 2.45) is 5.92 Å². The van der Waals surface area contributed by atoms with Gasteiger partial charge in [0.25, 0.3) is 0 Å². The van der Waals surface area contributed by atoms with Gasteiger partial charge < -0.3 is 15.3 Å². The standard InChI is InChI=1S/C15H34N2O/c1-8-13(4)10-17(7)14(5)9-15(6,11-18)16-12(2)3/h12-14,16,18H,8-11H2,1-7H3. The van der Waals surface area contributed by atoms with Gasteiger partial charge in [0.1, 0.15) is 0 Å². The smallest absolute Gasteiger partial charge is 0.0611 e. The zero-order valence-corrected chi connectivity index (χ0v) is 13.5. The van der Waals surface area contributed by atoms with Gasteiger partial charge in [0.2, 0.25) is 0 Å². The lowest BCUT2D eigenvalue weighted by Gasteiger charge is -2.37. The van der Waals surface area contributed by atoms with E-state index in [1.807, 2.05) is 0 Å². The molecule has 0 fully saturated rings. The van der Waals surface area contributed by atoms with Crippen LogP contribution in [-0.2, 0) is 0 Å². The number of aliphatic hydroxyl groups excluding tert-OH is 1. The summed E-state index contributed by atoms with van der Waals surface area (Å²) in [5.74, 6) is 0.732. The van der Waals surface area contributed by atoms with Gasteiger partial charge in [0.05, 0.1) is 6.61 Å². The lowest BCUT2D eigenvalue weighted by molar-refractivity contribution is 0.114. The molecule has 0 spiro atoms. The summed E-state index contributed by atoms with van der Waals surface area (Å²) in [6.07, 6.45) is 2.19. The average molecular weight is 258 g/mol. The summed E-state index contributed by atoms with van der Waals surface area (Å²) in [7, 11) is 2.18. The second-order valence-corrected chi connectivity index (χ2v) is 6.52. The van der Waals surface area contributed by atoms with Crippen molar-refractivity contribution in [3.63, 3.8) is 0 Å². The largest absolute Gasteiger partial charge is 0.394 e. The van der Waals surface area contributed by atoms with Crippen molar-refractivity contribution in [2.75, 3.05) is 20.2 Å². The number of rotatable bonds is 9. The topological polar surface area (TPSA) is 35.5 Å². The Labute approximate surface area is 114 Å². The molecule has 0 amide bonds. The zero-order valence-electron chi connectivity index (χ0n) is 13.5. The van der Waals surface area contributed by atoms with Crippen LogP contribution in [-0.4, -0.2) is 47.8 Å². The molecule has 3 atom stereocenters. The minimum atomic E-state index is -0.183. The Balaban J connectivity index is 4.37. The van der Waals surface area contributed by atoms with E-state index in [-0.39, 0.29) is 12.1 Å². The van der Waals surface area contributed by atoms with Crippen molar-refractivity contribution in [2.45, 2.75) is 72.0 Å². The minimum absolute atomic E-state index is 0.183. The van der Waals surface area contributed by atoms with Crippen LogP contribution in [0.15, 0.2) is 0 Å². The first-order valence-corrected chi connectivity index (χ1v) is 7.32. The molecule has 0 aliphatic heterocycles. The minimum Gasteiger partial charge on any atom is -0.394 e. The first-order chi connectivity index (χ1) is 8.24. The van der Waals surface area contributed by atoms with Crippen molar-refractivity contribution < 1.29 is 5.11 Å². The molecule has 0 saturated heterocycles. The summed E-state index contributed by atoms with van der Waals surface area (Å²) in [6, 6.07) is 0.872. The fourth-order valence-corrected chi connectivity index (χ4v) is 2.47. The van der Waals surface area contributed by atoms with Crippen LogP contribution in [0, 0.1) is 5.92 Å². The molecular formula is C15H34N2O. The van der Waals surface area contributed by atoms with E-state index in [1.54, 1.807) is 0 Å². The zero-order chi connectivity index (χ0) is 14.3. The van der Waals surface area contributed by atoms with E-state index in [9.17, 15) is 5.11 Å². The third-order valence-electron chi connectivity index (χ3n) is 3.78. The molecule has 0 aromatic heterocycles. The fourth-order valence-electron chi connectivity index (χ4n) is 2.47. The highest BCUT2D eigenvalue weighted by molar-refractivity contribution is 4.88. The van der Waals surface area contributed by atoms with E-state index in [2.05, 4.69) is 58.8 Å². The fraction of sp³-hybridized carbons (Fsp3) is 1.00. The maximum atomic E-state index is 9.61. The lowest BCUT2D eigenvalue weighted by Crippen LogP contribution is -2.52. The molecule has 0 aliphatic carbocycles. The van der Waals surface area contributed by atoms with Crippen molar-refractivity contribution in [3.05, 3.63) is 0 Å². The second-order valence-electron chi connectivity index (χ2n) is 6.52. The van der Waals surface area contributed by atoms with Crippen LogP contribution in [0.25, 0.3) is 0 Å². The van der Waals surface area contributed by atoms with Gasteiger partial charge in [-0.1, -0.05) is 34.1 Å². The number of hydrogen-bond donors (Lipinski definition) is 2. The van der Waals surface area contributed by atoms with Crippen LogP contribution in [0.4, 0.5) is 0 Å². The number of nitrogens with one attached hydrogen (secondary N) is 1. The third-order valence-corrected chi connectivity index (χ3v) is 3.78. The van der Waals surface area contributed by atoms with Gasteiger partial charge in [0, 0.05) is 24.2 Å². The number of hydrogen-bond acceptors (Lipinski definition) is 3. The van der Waals surface area contributed by atoms with Crippen LogP contribution in [0.1, 0.15) is 54.4 Å². The Morgan fingerprint density at radius 3 is 2.17 bits per heavy atom. The van der Waals surface area contributed by atoms with Crippen LogP contribution in [0.3, 0.4) is 0 Å².